The van der Waals surface area contributed by atoms with Crippen LogP contribution in [-0.4, -0.2) is 32.1 Å². The summed E-state index contributed by atoms with van der Waals surface area (Å²) in [7, 11) is 0. The molecule has 1 aliphatic heterocycles. The predicted molar refractivity (Wildman–Crippen MR) is 120 cm³/mol. The largest absolute Gasteiger partial charge is 0.331 e. The molecule has 0 aliphatic carbocycles. The number of aromatic nitrogens is 3. The average Bonchev–Trinajstić information content (AvgIpc) is 3.48. The summed E-state index contributed by atoms with van der Waals surface area (Å²) in [5.41, 5.74) is 3.05. The molecule has 152 valence electrons. The second kappa shape index (κ2) is 7.85. The standard InChI is InChI=1S/C23H21ClN4OS/c1-15-18-12-21(22(29)27-11-5-9-20(27)16-7-4-10-25-13-16)30-23(18)28(26-15)14-17-6-2-3-8-19(17)24/h2-4,6-8,10,12-13,20H,5,9,11,14H2,1H3/t20-/m0/s1. The summed E-state index contributed by atoms with van der Waals surface area (Å²) in [6.45, 7) is 3.35. The summed E-state index contributed by atoms with van der Waals surface area (Å²) in [4.78, 5) is 21.4. The number of likely N-dealkylation sites (tertiary alicyclic amines) is 1. The lowest BCUT2D eigenvalue weighted by Gasteiger charge is -2.24. The van der Waals surface area contributed by atoms with E-state index in [1.54, 1.807) is 6.20 Å². The topological polar surface area (TPSA) is 51.0 Å². The van der Waals surface area contributed by atoms with Crippen molar-refractivity contribution in [3.63, 3.8) is 0 Å². The maximum atomic E-state index is 13.4. The van der Waals surface area contributed by atoms with Crippen molar-refractivity contribution in [3.05, 3.63) is 81.6 Å². The van der Waals surface area contributed by atoms with E-state index in [-0.39, 0.29) is 11.9 Å². The van der Waals surface area contributed by atoms with E-state index in [1.165, 1.54) is 11.3 Å². The zero-order chi connectivity index (χ0) is 20.7. The number of pyridine rings is 1. The highest BCUT2D eigenvalue weighted by Crippen LogP contribution is 2.36. The third kappa shape index (κ3) is 3.40. The fourth-order valence-corrected chi connectivity index (χ4v) is 5.50. The molecule has 30 heavy (non-hydrogen) atoms. The monoisotopic (exact) mass is 436 g/mol. The van der Waals surface area contributed by atoms with E-state index in [4.69, 9.17) is 11.6 Å². The lowest BCUT2D eigenvalue weighted by Crippen LogP contribution is -2.30. The van der Waals surface area contributed by atoms with E-state index in [0.717, 1.165) is 56.3 Å². The number of thiophene rings is 1. The predicted octanol–water partition coefficient (Wildman–Crippen LogP) is 5.48. The van der Waals surface area contributed by atoms with E-state index in [9.17, 15) is 4.79 Å². The Morgan fingerprint density at radius 1 is 1.27 bits per heavy atom. The van der Waals surface area contributed by atoms with Gasteiger partial charge in [-0.1, -0.05) is 35.9 Å². The van der Waals surface area contributed by atoms with Crippen LogP contribution in [0.5, 0.6) is 0 Å². The maximum Gasteiger partial charge on any atom is 0.264 e. The average molecular weight is 437 g/mol. The van der Waals surface area contributed by atoms with Crippen LogP contribution in [-0.2, 0) is 6.54 Å². The zero-order valence-electron chi connectivity index (χ0n) is 16.6. The molecule has 0 saturated carbocycles. The van der Waals surface area contributed by atoms with Crippen molar-refractivity contribution in [1.82, 2.24) is 19.7 Å². The smallest absolute Gasteiger partial charge is 0.264 e. The van der Waals surface area contributed by atoms with Crippen molar-refractivity contribution >= 4 is 39.1 Å². The van der Waals surface area contributed by atoms with Gasteiger partial charge in [-0.25, -0.2) is 0 Å². The van der Waals surface area contributed by atoms with Crippen LogP contribution in [0, 0.1) is 6.92 Å². The summed E-state index contributed by atoms with van der Waals surface area (Å²) >= 11 is 7.86. The van der Waals surface area contributed by atoms with Gasteiger partial charge in [0.15, 0.2) is 0 Å². The molecule has 5 rings (SSSR count). The number of carbonyl (C=O) groups excluding carboxylic acids is 1. The molecule has 7 heteroatoms. The lowest BCUT2D eigenvalue weighted by molar-refractivity contribution is 0.0740. The highest BCUT2D eigenvalue weighted by atomic mass is 35.5. The Bertz CT molecular complexity index is 1220. The summed E-state index contributed by atoms with van der Waals surface area (Å²) in [6, 6.07) is 13.9. The summed E-state index contributed by atoms with van der Waals surface area (Å²) < 4.78 is 1.95. The molecule has 5 nitrogen and oxygen atoms in total. The number of fused-ring (bicyclic) bond motifs is 1. The van der Waals surface area contributed by atoms with Gasteiger partial charge in [-0.15, -0.1) is 11.3 Å². The summed E-state index contributed by atoms with van der Waals surface area (Å²) in [5.74, 6) is 0.0891. The molecule has 1 fully saturated rings. The number of hydrogen-bond acceptors (Lipinski definition) is 4. The van der Waals surface area contributed by atoms with Crippen molar-refractivity contribution in [2.24, 2.45) is 0 Å². The van der Waals surface area contributed by atoms with Crippen LogP contribution >= 0.6 is 22.9 Å². The fourth-order valence-electron chi connectivity index (χ4n) is 4.18. The minimum absolute atomic E-state index is 0.0891. The Morgan fingerprint density at radius 2 is 2.13 bits per heavy atom. The second-order valence-corrected chi connectivity index (χ2v) is 9.04. The summed E-state index contributed by atoms with van der Waals surface area (Å²) in [5, 5.41) is 6.44. The Labute approximate surface area is 183 Å². The van der Waals surface area contributed by atoms with Gasteiger partial charge in [-0.2, -0.15) is 5.10 Å². The van der Waals surface area contributed by atoms with Crippen LogP contribution in [0.2, 0.25) is 5.02 Å². The molecule has 0 radical (unpaired) electrons. The fraction of sp³-hybridized carbons (Fsp3) is 0.261. The molecule has 1 atom stereocenters. The van der Waals surface area contributed by atoms with E-state index >= 15 is 0 Å². The molecule has 0 unspecified atom stereocenters. The van der Waals surface area contributed by atoms with Crippen LogP contribution in [0.25, 0.3) is 10.2 Å². The van der Waals surface area contributed by atoms with Gasteiger partial charge in [0.2, 0.25) is 0 Å². The van der Waals surface area contributed by atoms with Gasteiger partial charge in [-0.05, 0) is 49.1 Å². The Kier molecular flexibility index (Phi) is 5.05. The molecule has 4 heterocycles. The van der Waals surface area contributed by atoms with Crippen LogP contribution in [0.4, 0.5) is 0 Å². The van der Waals surface area contributed by atoms with Crippen molar-refractivity contribution in [1.29, 1.82) is 0 Å². The molecule has 1 aromatic carbocycles. The van der Waals surface area contributed by atoms with Gasteiger partial charge in [0, 0.05) is 29.3 Å². The van der Waals surface area contributed by atoms with Crippen LogP contribution in [0.15, 0.2) is 54.9 Å². The first-order chi connectivity index (χ1) is 14.6. The molecular weight excluding hydrogens is 416 g/mol. The molecule has 1 aliphatic rings. The number of amides is 1. The number of aryl methyl sites for hydroxylation is 1. The van der Waals surface area contributed by atoms with E-state index in [1.807, 2.05) is 59.1 Å². The minimum Gasteiger partial charge on any atom is -0.331 e. The lowest BCUT2D eigenvalue weighted by atomic mass is 10.1. The first-order valence-electron chi connectivity index (χ1n) is 10.0. The molecule has 0 bridgehead atoms. The van der Waals surface area contributed by atoms with Gasteiger partial charge < -0.3 is 4.90 Å². The molecule has 1 saturated heterocycles. The third-order valence-electron chi connectivity index (χ3n) is 5.68. The Balaban J connectivity index is 1.46. The molecule has 4 aromatic rings. The number of carbonyl (C=O) groups is 1. The molecule has 3 aromatic heterocycles. The number of benzene rings is 1. The molecule has 1 amide bonds. The molecule has 0 N–H and O–H groups in total. The van der Waals surface area contributed by atoms with E-state index in [2.05, 4.69) is 16.1 Å². The van der Waals surface area contributed by atoms with Crippen molar-refractivity contribution < 1.29 is 4.79 Å². The number of nitrogens with zero attached hydrogens (tertiary/aromatic N) is 4. The van der Waals surface area contributed by atoms with E-state index < -0.39 is 0 Å². The second-order valence-electron chi connectivity index (χ2n) is 7.61. The van der Waals surface area contributed by atoms with Gasteiger partial charge >= 0.3 is 0 Å². The number of halogens is 1. The quantitative estimate of drug-likeness (QED) is 0.425. The Hall–Kier alpha value is -2.70. The van der Waals surface area contributed by atoms with Crippen molar-refractivity contribution in [2.75, 3.05) is 6.54 Å². The van der Waals surface area contributed by atoms with Crippen LogP contribution < -0.4 is 0 Å². The van der Waals surface area contributed by atoms with Gasteiger partial charge in [0.25, 0.3) is 5.91 Å². The number of hydrogen-bond donors (Lipinski definition) is 0. The van der Waals surface area contributed by atoms with E-state index in [0.29, 0.717) is 6.54 Å². The van der Waals surface area contributed by atoms with Crippen LogP contribution in [0.1, 0.15) is 45.4 Å². The first-order valence-corrected chi connectivity index (χ1v) is 11.2. The van der Waals surface area contributed by atoms with Crippen molar-refractivity contribution in [2.45, 2.75) is 32.4 Å². The third-order valence-corrected chi connectivity index (χ3v) is 7.18. The Morgan fingerprint density at radius 3 is 2.93 bits per heavy atom. The zero-order valence-corrected chi connectivity index (χ0v) is 18.2. The van der Waals surface area contributed by atoms with Crippen molar-refractivity contribution in [3.8, 4) is 0 Å². The number of rotatable bonds is 4. The van der Waals surface area contributed by atoms with Gasteiger partial charge in [0.1, 0.15) is 4.83 Å². The normalized spacial score (nSPS) is 16.5. The summed E-state index contributed by atoms with van der Waals surface area (Å²) in [6.07, 6.45) is 5.62. The highest BCUT2D eigenvalue weighted by Gasteiger charge is 2.32. The SMILES string of the molecule is Cc1nn(Cc2ccccc2Cl)c2sc(C(=O)N3CCC[C@H]3c3cccnc3)cc12. The van der Waals surface area contributed by atoms with Crippen LogP contribution in [0.3, 0.4) is 0 Å². The molecular formula is C23H21ClN4OS. The van der Waals surface area contributed by atoms with Gasteiger partial charge in [-0.3, -0.25) is 14.5 Å². The minimum atomic E-state index is 0.0891. The molecule has 0 spiro atoms. The van der Waals surface area contributed by atoms with Gasteiger partial charge in [0.05, 0.1) is 23.2 Å². The maximum absolute atomic E-state index is 13.4. The highest BCUT2D eigenvalue weighted by molar-refractivity contribution is 7.20. The first kappa shape index (κ1) is 19.3.